The first-order valence-corrected chi connectivity index (χ1v) is 6.47. The third-order valence-corrected chi connectivity index (χ3v) is 3.04. The highest BCUT2D eigenvalue weighted by Crippen LogP contribution is 2.29. The van der Waals surface area contributed by atoms with Crippen molar-refractivity contribution in [2.45, 2.75) is 4.90 Å². The van der Waals surface area contributed by atoms with E-state index >= 15 is 0 Å². The summed E-state index contributed by atoms with van der Waals surface area (Å²) in [6, 6.07) is 3.00. The molecule has 0 bridgehead atoms. The number of nitro benzene ring substituents is 1. The zero-order chi connectivity index (χ0) is 13.9. The minimum absolute atomic E-state index is 0.229. The zero-order valence-electron chi connectivity index (χ0n) is 9.32. The third-order valence-electron chi connectivity index (χ3n) is 1.93. The second-order valence-corrected chi connectivity index (χ2v) is 5.30. The van der Waals surface area contributed by atoms with Crippen molar-refractivity contribution in [1.29, 1.82) is 0 Å². The highest BCUT2D eigenvalue weighted by atomic mass is 32.2. The van der Waals surface area contributed by atoms with Gasteiger partial charge in [0, 0.05) is 18.4 Å². The summed E-state index contributed by atoms with van der Waals surface area (Å²) in [6.07, 6.45) is 1.76. The summed E-state index contributed by atoms with van der Waals surface area (Å²) < 4.78 is 27.1. The van der Waals surface area contributed by atoms with Gasteiger partial charge in [-0.05, 0) is 12.1 Å². The van der Waals surface area contributed by atoms with Crippen LogP contribution in [-0.2, 0) is 14.6 Å². The smallest absolute Gasteiger partial charge is 0.335 e. The van der Waals surface area contributed by atoms with Gasteiger partial charge in [0.2, 0.25) is 5.75 Å². The lowest BCUT2D eigenvalue weighted by molar-refractivity contribution is -0.385. The molecule has 0 N–H and O–H groups in total. The Morgan fingerprint density at radius 1 is 1.50 bits per heavy atom. The van der Waals surface area contributed by atoms with Gasteiger partial charge in [0.05, 0.1) is 9.82 Å². The average molecular weight is 271 g/mol. The predicted molar refractivity (Wildman–Crippen MR) is 62.0 cm³/mol. The summed E-state index contributed by atoms with van der Waals surface area (Å²) in [5.74, 6) is -1.21. The predicted octanol–water partition coefficient (Wildman–Crippen LogP) is 1.09. The molecule has 1 rings (SSSR count). The Kier molecular flexibility index (Phi) is 3.82. The van der Waals surface area contributed by atoms with E-state index in [9.17, 15) is 23.3 Å². The van der Waals surface area contributed by atoms with Crippen molar-refractivity contribution in [1.82, 2.24) is 0 Å². The van der Waals surface area contributed by atoms with Crippen LogP contribution in [0.15, 0.2) is 35.7 Å². The molecule has 0 aliphatic heterocycles. The summed E-state index contributed by atoms with van der Waals surface area (Å²) in [6.45, 7) is 3.15. The maximum absolute atomic E-state index is 11.3. The van der Waals surface area contributed by atoms with Crippen molar-refractivity contribution < 1.29 is 22.9 Å². The van der Waals surface area contributed by atoms with E-state index < -0.39 is 26.4 Å². The van der Waals surface area contributed by atoms with Gasteiger partial charge in [0.15, 0.2) is 9.84 Å². The summed E-state index contributed by atoms with van der Waals surface area (Å²) in [5.41, 5.74) is -0.604. The molecular weight excluding hydrogens is 262 g/mol. The first-order chi connectivity index (χ1) is 8.25. The molecule has 8 heteroatoms. The van der Waals surface area contributed by atoms with Crippen molar-refractivity contribution in [3.8, 4) is 5.75 Å². The van der Waals surface area contributed by atoms with Gasteiger partial charge in [0.1, 0.15) is 0 Å². The number of sulfone groups is 1. The van der Waals surface area contributed by atoms with Crippen molar-refractivity contribution in [2.24, 2.45) is 0 Å². The number of nitro groups is 1. The number of benzene rings is 1. The highest BCUT2D eigenvalue weighted by Gasteiger charge is 2.21. The largest absolute Gasteiger partial charge is 0.416 e. The van der Waals surface area contributed by atoms with Crippen LogP contribution in [0.25, 0.3) is 0 Å². The Morgan fingerprint density at radius 3 is 2.56 bits per heavy atom. The van der Waals surface area contributed by atoms with Crippen molar-refractivity contribution in [3.05, 3.63) is 41.0 Å². The number of carbonyl (C=O) groups excluding carboxylic acids is 1. The Balaban J connectivity index is 3.34. The lowest BCUT2D eigenvalue weighted by Gasteiger charge is -2.04. The van der Waals surface area contributed by atoms with Crippen molar-refractivity contribution in [3.63, 3.8) is 0 Å². The molecule has 0 amide bonds. The van der Waals surface area contributed by atoms with E-state index in [2.05, 4.69) is 11.3 Å². The fourth-order valence-electron chi connectivity index (χ4n) is 1.11. The third kappa shape index (κ3) is 3.14. The molecule has 1 aromatic carbocycles. The minimum atomic E-state index is -3.57. The van der Waals surface area contributed by atoms with Crippen molar-refractivity contribution in [2.75, 3.05) is 6.26 Å². The van der Waals surface area contributed by atoms with E-state index in [-0.39, 0.29) is 10.6 Å². The normalized spacial score (nSPS) is 10.7. The van der Waals surface area contributed by atoms with Crippen LogP contribution < -0.4 is 4.74 Å². The second-order valence-electron chi connectivity index (χ2n) is 3.28. The molecule has 0 radical (unpaired) electrons. The summed E-state index contributed by atoms with van der Waals surface area (Å²) in [5, 5.41) is 10.8. The Labute approximate surface area is 103 Å². The lowest BCUT2D eigenvalue weighted by atomic mass is 10.3. The standard InChI is InChI=1S/C10H9NO6S/c1-3-10(12)17-9-5-4-7(18(2,15)16)6-8(9)11(13)14/h3-6H,1H2,2H3. The Morgan fingerprint density at radius 2 is 2.11 bits per heavy atom. The van der Waals surface area contributed by atoms with E-state index in [0.717, 1.165) is 30.5 Å². The van der Waals surface area contributed by atoms with Crippen LogP contribution in [-0.4, -0.2) is 25.6 Å². The maximum atomic E-state index is 11.3. The molecule has 0 aromatic heterocycles. The quantitative estimate of drug-likeness (QED) is 0.267. The topological polar surface area (TPSA) is 104 Å². The number of nitrogens with zero attached hydrogens (tertiary/aromatic N) is 1. The summed E-state index contributed by atoms with van der Waals surface area (Å²) in [7, 11) is -3.57. The molecule has 0 aliphatic carbocycles. The zero-order valence-corrected chi connectivity index (χ0v) is 10.1. The first kappa shape index (κ1) is 13.8. The number of hydrogen-bond acceptors (Lipinski definition) is 6. The van der Waals surface area contributed by atoms with Gasteiger partial charge in [-0.3, -0.25) is 10.1 Å². The fraction of sp³-hybridized carbons (Fsp3) is 0.100. The molecule has 0 fully saturated rings. The SMILES string of the molecule is C=CC(=O)Oc1ccc(S(C)(=O)=O)cc1[N+](=O)[O-]. The maximum Gasteiger partial charge on any atom is 0.335 e. The molecule has 0 saturated heterocycles. The highest BCUT2D eigenvalue weighted by molar-refractivity contribution is 7.90. The van der Waals surface area contributed by atoms with Crippen LogP contribution in [0.4, 0.5) is 5.69 Å². The number of esters is 1. The lowest BCUT2D eigenvalue weighted by Crippen LogP contribution is -2.06. The van der Waals surface area contributed by atoms with E-state index in [1.807, 2.05) is 0 Å². The molecule has 0 spiro atoms. The van der Waals surface area contributed by atoms with Crippen LogP contribution >= 0.6 is 0 Å². The monoisotopic (exact) mass is 271 g/mol. The van der Waals surface area contributed by atoms with E-state index in [1.54, 1.807) is 0 Å². The molecule has 96 valence electrons. The number of rotatable bonds is 4. The molecule has 0 heterocycles. The number of ether oxygens (including phenoxy) is 1. The van der Waals surface area contributed by atoms with Gasteiger partial charge in [-0.25, -0.2) is 13.2 Å². The molecule has 0 saturated carbocycles. The Bertz CT molecular complexity index is 619. The molecule has 1 aromatic rings. The van der Waals surface area contributed by atoms with Gasteiger partial charge >= 0.3 is 11.7 Å². The van der Waals surface area contributed by atoms with E-state index in [1.165, 1.54) is 0 Å². The van der Waals surface area contributed by atoms with Gasteiger partial charge in [-0.15, -0.1) is 0 Å². The van der Waals surface area contributed by atoms with Crippen molar-refractivity contribution >= 4 is 21.5 Å². The number of hydrogen-bond donors (Lipinski definition) is 0. The summed E-state index contributed by atoms with van der Waals surface area (Å²) in [4.78, 5) is 20.7. The van der Waals surface area contributed by atoms with E-state index in [0.29, 0.717) is 0 Å². The molecular formula is C10H9NO6S. The molecule has 0 aliphatic rings. The molecule has 0 unspecified atom stereocenters. The fourth-order valence-corrected chi connectivity index (χ4v) is 1.75. The first-order valence-electron chi connectivity index (χ1n) is 4.58. The molecule has 18 heavy (non-hydrogen) atoms. The minimum Gasteiger partial charge on any atom is -0.416 e. The van der Waals surface area contributed by atoms with Gasteiger partial charge in [-0.1, -0.05) is 6.58 Å². The average Bonchev–Trinajstić information content (AvgIpc) is 2.27. The second kappa shape index (κ2) is 4.96. The summed E-state index contributed by atoms with van der Waals surface area (Å²) >= 11 is 0. The van der Waals surface area contributed by atoms with Crippen LogP contribution in [0.3, 0.4) is 0 Å². The van der Waals surface area contributed by atoms with E-state index in [4.69, 9.17) is 0 Å². The van der Waals surface area contributed by atoms with Gasteiger partial charge in [-0.2, -0.15) is 0 Å². The van der Waals surface area contributed by atoms with Crippen LogP contribution in [0.1, 0.15) is 0 Å². The van der Waals surface area contributed by atoms with Crippen LogP contribution in [0.5, 0.6) is 5.75 Å². The molecule has 0 atom stereocenters. The van der Waals surface area contributed by atoms with Gasteiger partial charge < -0.3 is 4.74 Å². The van der Waals surface area contributed by atoms with Gasteiger partial charge in [0.25, 0.3) is 0 Å². The Hall–Kier alpha value is -2.22. The molecule has 7 nitrogen and oxygen atoms in total. The van der Waals surface area contributed by atoms with Crippen LogP contribution in [0, 0.1) is 10.1 Å². The number of carbonyl (C=O) groups is 1. The van der Waals surface area contributed by atoms with Crippen LogP contribution in [0.2, 0.25) is 0 Å².